The van der Waals surface area contributed by atoms with Crippen LogP contribution in [0.15, 0.2) is 24.7 Å². The van der Waals surface area contributed by atoms with Crippen LogP contribution in [-0.4, -0.2) is 15.2 Å². The van der Waals surface area contributed by atoms with Gasteiger partial charge in [0.1, 0.15) is 0 Å². The third-order valence-electron chi connectivity index (χ3n) is 1.57. The van der Waals surface area contributed by atoms with Crippen LogP contribution < -0.4 is 0 Å². The van der Waals surface area contributed by atoms with E-state index in [0.717, 1.165) is 16.5 Å². The Morgan fingerprint density at radius 1 is 1.00 bits per heavy atom. The van der Waals surface area contributed by atoms with Gasteiger partial charge in [0.15, 0.2) is 0 Å². The predicted octanol–water partition coefficient (Wildman–Crippen LogP) is 1.33. The van der Waals surface area contributed by atoms with Crippen molar-refractivity contribution in [1.82, 2.24) is 15.2 Å². The van der Waals surface area contributed by atoms with E-state index in [1.807, 2.05) is 13.0 Å². The SMILES string of the molecule is Cc1cc2cnncc2cn1. The van der Waals surface area contributed by atoms with E-state index in [-0.39, 0.29) is 0 Å². The summed E-state index contributed by atoms with van der Waals surface area (Å²) in [5.74, 6) is 0. The minimum Gasteiger partial charge on any atom is -0.261 e. The first-order valence-electron chi connectivity index (χ1n) is 3.39. The summed E-state index contributed by atoms with van der Waals surface area (Å²) in [5.41, 5.74) is 1.01. The van der Waals surface area contributed by atoms with Crippen LogP contribution >= 0.6 is 0 Å². The van der Waals surface area contributed by atoms with Crippen LogP contribution in [0.2, 0.25) is 0 Å². The lowest BCUT2D eigenvalue weighted by molar-refractivity contribution is 1.05. The smallest absolute Gasteiger partial charge is 0.0590 e. The van der Waals surface area contributed by atoms with Crippen LogP contribution in [-0.2, 0) is 0 Å². The van der Waals surface area contributed by atoms with Crippen molar-refractivity contribution in [2.24, 2.45) is 0 Å². The van der Waals surface area contributed by atoms with E-state index < -0.39 is 0 Å². The first-order valence-corrected chi connectivity index (χ1v) is 3.39. The van der Waals surface area contributed by atoms with Crippen LogP contribution in [0.1, 0.15) is 5.69 Å². The van der Waals surface area contributed by atoms with Crippen molar-refractivity contribution < 1.29 is 0 Å². The summed E-state index contributed by atoms with van der Waals surface area (Å²) < 4.78 is 0. The zero-order chi connectivity index (χ0) is 7.68. The molecule has 0 fully saturated rings. The highest BCUT2D eigenvalue weighted by Gasteiger charge is 1.92. The molecule has 0 saturated heterocycles. The van der Waals surface area contributed by atoms with E-state index in [9.17, 15) is 0 Å². The lowest BCUT2D eigenvalue weighted by atomic mass is 10.2. The normalized spacial score (nSPS) is 10.3. The molecule has 0 saturated carbocycles. The zero-order valence-electron chi connectivity index (χ0n) is 6.15. The van der Waals surface area contributed by atoms with Crippen molar-refractivity contribution in [3.05, 3.63) is 30.4 Å². The van der Waals surface area contributed by atoms with Crippen molar-refractivity contribution in [3.63, 3.8) is 0 Å². The molecule has 0 aliphatic rings. The molecule has 0 aliphatic heterocycles. The van der Waals surface area contributed by atoms with Gasteiger partial charge in [0.05, 0.1) is 12.4 Å². The van der Waals surface area contributed by atoms with Gasteiger partial charge in [-0.3, -0.25) is 4.98 Å². The number of hydrogen-bond donors (Lipinski definition) is 0. The minimum absolute atomic E-state index is 1.01. The van der Waals surface area contributed by atoms with Crippen molar-refractivity contribution in [2.45, 2.75) is 6.92 Å². The van der Waals surface area contributed by atoms with Crippen LogP contribution in [0, 0.1) is 6.92 Å². The minimum atomic E-state index is 1.01. The van der Waals surface area contributed by atoms with Gasteiger partial charge in [-0.15, -0.1) is 0 Å². The van der Waals surface area contributed by atoms with Gasteiger partial charge >= 0.3 is 0 Å². The fourth-order valence-electron chi connectivity index (χ4n) is 1.00. The van der Waals surface area contributed by atoms with Crippen LogP contribution in [0.5, 0.6) is 0 Å². The van der Waals surface area contributed by atoms with Gasteiger partial charge in [0.2, 0.25) is 0 Å². The average molecular weight is 145 g/mol. The Labute approximate surface area is 64.1 Å². The maximum Gasteiger partial charge on any atom is 0.0590 e. The van der Waals surface area contributed by atoms with E-state index in [2.05, 4.69) is 15.2 Å². The second kappa shape index (κ2) is 2.27. The van der Waals surface area contributed by atoms with Crippen molar-refractivity contribution in [1.29, 1.82) is 0 Å². The number of fused-ring (bicyclic) bond motifs is 1. The highest BCUT2D eigenvalue weighted by Crippen LogP contribution is 2.09. The van der Waals surface area contributed by atoms with Crippen LogP contribution in [0.3, 0.4) is 0 Å². The molecule has 2 heterocycles. The molecule has 2 aromatic heterocycles. The number of pyridine rings is 1. The Hall–Kier alpha value is -1.51. The largest absolute Gasteiger partial charge is 0.261 e. The monoisotopic (exact) mass is 145 g/mol. The van der Waals surface area contributed by atoms with Gasteiger partial charge in [-0.2, -0.15) is 10.2 Å². The number of rotatable bonds is 0. The summed E-state index contributed by atoms with van der Waals surface area (Å²) in [7, 11) is 0. The molecule has 0 aromatic carbocycles. The van der Waals surface area contributed by atoms with Crippen LogP contribution in [0.4, 0.5) is 0 Å². The number of aryl methyl sites for hydroxylation is 1. The molecule has 0 spiro atoms. The second-order valence-corrected chi connectivity index (χ2v) is 2.44. The average Bonchev–Trinajstić information content (AvgIpc) is 2.04. The quantitative estimate of drug-likeness (QED) is 0.561. The summed E-state index contributed by atoms with van der Waals surface area (Å²) >= 11 is 0. The van der Waals surface area contributed by atoms with Gasteiger partial charge in [-0.1, -0.05) is 0 Å². The predicted molar refractivity (Wildman–Crippen MR) is 42.1 cm³/mol. The molecule has 54 valence electrons. The fraction of sp³-hybridized carbons (Fsp3) is 0.125. The second-order valence-electron chi connectivity index (χ2n) is 2.44. The molecule has 0 unspecified atom stereocenters. The lowest BCUT2D eigenvalue weighted by Gasteiger charge is -1.94. The first kappa shape index (κ1) is 6.22. The summed E-state index contributed by atoms with van der Waals surface area (Å²) in [4.78, 5) is 4.14. The lowest BCUT2D eigenvalue weighted by Crippen LogP contribution is -1.84. The van der Waals surface area contributed by atoms with E-state index in [0.29, 0.717) is 0 Å². The number of hydrogen-bond acceptors (Lipinski definition) is 3. The first-order chi connectivity index (χ1) is 5.36. The molecular formula is C8H7N3. The number of nitrogens with zero attached hydrogens (tertiary/aromatic N) is 3. The maximum atomic E-state index is 4.14. The molecule has 11 heavy (non-hydrogen) atoms. The molecule has 2 rings (SSSR count). The molecule has 3 heteroatoms. The summed E-state index contributed by atoms with van der Waals surface area (Å²) in [6, 6.07) is 1.99. The Bertz CT molecular complexity index is 384. The fourth-order valence-corrected chi connectivity index (χ4v) is 1.00. The van der Waals surface area contributed by atoms with Crippen LogP contribution in [0.25, 0.3) is 10.8 Å². The molecule has 2 aromatic rings. The van der Waals surface area contributed by atoms with E-state index in [4.69, 9.17) is 0 Å². The van der Waals surface area contributed by atoms with Gasteiger partial charge in [0.25, 0.3) is 0 Å². The molecule has 0 atom stereocenters. The highest BCUT2D eigenvalue weighted by atomic mass is 15.1. The zero-order valence-corrected chi connectivity index (χ0v) is 6.15. The molecule has 0 radical (unpaired) electrons. The molecule has 0 N–H and O–H groups in total. The molecule has 0 bridgehead atoms. The number of aromatic nitrogens is 3. The molecule has 0 amide bonds. The van der Waals surface area contributed by atoms with Crippen molar-refractivity contribution in [2.75, 3.05) is 0 Å². The third kappa shape index (κ3) is 1.05. The topological polar surface area (TPSA) is 38.7 Å². The summed E-state index contributed by atoms with van der Waals surface area (Å²) in [5, 5.41) is 9.65. The standard InChI is InChI=1S/C8H7N3/c1-6-2-7-4-10-11-5-8(7)3-9-6/h2-5H,1H3. The van der Waals surface area contributed by atoms with Gasteiger partial charge < -0.3 is 0 Å². The van der Waals surface area contributed by atoms with Crippen molar-refractivity contribution in [3.8, 4) is 0 Å². The maximum absolute atomic E-state index is 4.14. The Morgan fingerprint density at radius 3 is 2.55 bits per heavy atom. The Kier molecular flexibility index (Phi) is 1.28. The molecule has 3 nitrogen and oxygen atoms in total. The molecular weight excluding hydrogens is 138 g/mol. The highest BCUT2D eigenvalue weighted by molar-refractivity contribution is 5.79. The van der Waals surface area contributed by atoms with E-state index >= 15 is 0 Å². The Morgan fingerprint density at radius 2 is 1.73 bits per heavy atom. The van der Waals surface area contributed by atoms with Crippen molar-refractivity contribution >= 4 is 10.8 Å². The van der Waals surface area contributed by atoms with Gasteiger partial charge in [0, 0.05) is 22.7 Å². The molecule has 0 aliphatic carbocycles. The Balaban J connectivity index is 2.83. The summed E-state index contributed by atoms with van der Waals surface area (Å²) in [6.07, 6.45) is 5.26. The van der Waals surface area contributed by atoms with E-state index in [1.165, 1.54) is 0 Å². The third-order valence-corrected chi connectivity index (χ3v) is 1.57. The van der Waals surface area contributed by atoms with Gasteiger partial charge in [-0.25, -0.2) is 0 Å². The summed E-state index contributed by atoms with van der Waals surface area (Å²) in [6.45, 7) is 1.96. The van der Waals surface area contributed by atoms with Gasteiger partial charge in [-0.05, 0) is 13.0 Å². The van der Waals surface area contributed by atoms with E-state index in [1.54, 1.807) is 18.6 Å².